The first-order chi connectivity index (χ1) is 14.4. The fourth-order valence-corrected chi connectivity index (χ4v) is 6.10. The number of sulfone groups is 1. The second-order valence-corrected chi connectivity index (χ2v) is 10.9. The molecule has 2 aromatic rings. The Hall–Kier alpha value is -1.51. The zero-order valence-electron chi connectivity index (χ0n) is 18.2. The lowest BCUT2D eigenvalue weighted by atomic mass is 10.1. The molecule has 2 heterocycles. The van der Waals surface area contributed by atoms with E-state index in [0.717, 1.165) is 69.7 Å². The molecule has 6 nitrogen and oxygen atoms in total. The molecule has 0 saturated carbocycles. The van der Waals surface area contributed by atoms with Gasteiger partial charge in [0.25, 0.3) is 0 Å². The third-order valence-corrected chi connectivity index (χ3v) is 8.41. The molecule has 2 saturated heterocycles. The third-order valence-electron chi connectivity index (χ3n) is 6.61. The van der Waals surface area contributed by atoms with Crippen LogP contribution in [-0.2, 0) is 9.84 Å². The van der Waals surface area contributed by atoms with E-state index in [9.17, 15) is 8.42 Å². The van der Waals surface area contributed by atoms with Crippen molar-refractivity contribution in [2.24, 2.45) is 0 Å². The predicted molar refractivity (Wildman–Crippen MR) is 123 cm³/mol. The van der Waals surface area contributed by atoms with Crippen molar-refractivity contribution in [1.29, 1.82) is 0 Å². The minimum atomic E-state index is -3.37. The molecule has 2 aliphatic heterocycles. The molecule has 4 rings (SSSR count). The van der Waals surface area contributed by atoms with Gasteiger partial charge < -0.3 is 9.80 Å². The number of nitrogens with zero attached hydrogens (tertiary/aromatic N) is 4. The van der Waals surface area contributed by atoms with Crippen LogP contribution in [0.4, 0.5) is 0 Å². The van der Waals surface area contributed by atoms with Crippen LogP contribution in [-0.4, -0.2) is 113 Å². The Kier molecular flexibility index (Phi) is 6.75. The van der Waals surface area contributed by atoms with Gasteiger partial charge >= 0.3 is 0 Å². The van der Waals surface area contributed by atoms with Crippen LogP contribution in [0, 0.1) is 0 Å². The summed E-state index contributed by atoms with van der Waals surface area (Å²) in [6.07, 6.45) is 0. The lowest BCUT2D eigenvalue weighted by Crippen LogP contribution is -2.56. The molecule has 0 aliphatic carbocycles. The van der Waals surface area contributed by atoms with Gasteiger partial charge in [-0.05, 0) is 37.0 Å². The Balaban J connectivity index is 1.54. The second kappa shape index (κ2) is 9.32. The summed E-state index contributed by atoms with van der Waals surface area (Å²) in [5.74, 6) is 0.182. The Bertz CT molecular complexity index is 949. The number of fused-ring (bicyclic) bond motifs is 1. The van der Waals surface area contributed by atoms with E-state index in [2.05, 4.69) is 33.7 Å². The summed E-state index contributed by atoms with van der Waals surface area (Å²) in [5.41, 5.74) is 0. The molecule has 30 heavy (non-hydrogen) atoms. The molecule has 0 aromatic heterocycles. The number of benzene rings is 2. The zero-order valence-corrected chi connectivity index (χ0v) is 19.0. The van der Waals surface area contributed by atoms with Crippen LogP contribution in [0.1, 0.15) is 0 Å². The van der Waals surface area contributed by atoms with Gasteiger partial charge in [0.2, 0.25) is 0 Å². The summed E-state index contributed by atoms with van der Waals surface area (Å²) in [5, 5.41) is 2.05. The van der Waals surface area contributed by atoms with Gasteiger partial charge in [0.05, 0.1) is 10.6 Å². The van der Waals surface area contributed by atoms with Gasteiger partial charge in [0, 0.05) is 64.9 Å². The van der Waals surface area contributed by atoms with Gasteiger partial charge in [0.1, 0.15) is 0 Å². The van der Waals surface area contributed by atoms with Crippen LogP contribution in [0.2, 0.25) is 0 Å². The summed E-state index contributed by atoms with van der Waals surface area (Å²) in [4.78, 5) is 9.95. The molecule has 0 unspecified atom stereocenters. The van der Waals surface area contributed by atoms with Gasteiger partial charge in [-0.2, -0.15) is 0 Å². The van der Waals surface area contributed by atoms with E-state index >= 15 is 0 Å². The Morgan fingerprint density at radius 3 is 2.07 bits per heavy atom. The van der Waals surface area contributed by atoms with Crippen LogP contribution in [0.25, 0.3) is 10.8 Å². The maximum Gasteiger partial charge on any atom is 0.179 e. The number of hydrogen-bond acceptors (Lipinski definition) is 6. The fraction of sp³-hybridized carbons (Fsp3) is 0.565. The first-order valence-corrected chi connectivity index (χ1v) is 12.6. The van der Waals surface area contributed by atoms with Gasteiger partial charge in [-0.15, -0.1) is 0 Å². The first kappa shape index (κ1) is 21.7. The van der Waals surface area contributed by atoms with E-state index < -0.39 is 9.84 Å². The molecule has 0 radical (unpaired) electrons. The van der Waals surface area contributed by atoms with Crippen molar-refractivity contribution in [3.63, 3.8) is 0 Å². The molecule has 2 fully saturated rings. The van der Waals surface area contributed by atoms with E-state index in [4.69, 9.17) is 0 Å². The summed E-state index contributed by atoms with van der Waals surface area (Å²) in [6, 6.07) is 13.5. The van der Waals surface area contributed by atoms with E-state index in [1.807, 2.05) is 36.4 Å². The first-order valence-electron chi connectivity index (χ1n) is 11.0. The summed E-state index contributed by atoms with van der Waals surface area (Å²) < 4.78 is 26.8. The summed E-state index contributed by atoms with van der Waals surface area (Å²) in [7, 11) is 0.922. The van der Waals surface area contributed by atoms with Crippen LogP contribution < -0.4 is 0 Å². The Morgan fingerprint density at radius 1 is 0.800 bits per heavy atom. The number of hydrogen-bond donors (Lipinski definition) is 0. The molecular formula is C23H34N4O2S. The van der Waals surface area contributed by atoms with Gasteiger partial charge in [0.15, 0.2) is 9.84 Å². The smallest absolute Gasteiger partial charge is 0.179 e. The molecular weight excluding hydrogens is 396 g/mol. The Labute approximate surface area is 181 Å². The SMILES string of the molecule is CN1CCN(C[C@@H](CS(=O)(=O)c2ccc3ccccc3c2)N2CCN(C)CC2)CC1. The molecule has 7 heteroatoms. The maximum absolute atomic E-state index is 13.4. The van der Waals surface area contributed by atoms with E-state index in [1.165, 1.54) is 0 Å². The predicted octanol–water partition coefficient (Wildman–Crippen LogP) is 1.48. The van der Waals surface area contributed by atoms with Crippen molar-refractivity contribution < 1.29 is 8.42 Å². The average Bonchev–Trinajstić information content (AvgIpc) is 2.75. The molecule has 2 aromatic carbocycles. The van der Waals surface area contributed by atoms with Crippen molar-refractivity contribution in [3.05, 3.63) is 42.5 Å². The Morgan fingerprint density at radius 2 is 1.40 bits per heavy atom. The number of likely N-dealkylation sites (N-methyl/N-ethyl adjacent to an activating group) is 2. The number of rotatable bonds is 6. The van der Waals surface area contributed by atoms with Crippen LogP contribution >= 0.6 is 0 Å². The standard InChI is InChI=1S/C23H34N4O2S/c1-24-9-13-26(14-10-24)18-22(27-15-11-25(2)12-16-27)19-30(28,29)23-8-7-20-5-3-4-6-21(20)17-23/h3-8,17,22H,9-16,18-19H2,1-2H3/t22-/m0/s1. The molecule has 1 atom stereocenters. The highest BCUT2D eigenvalue weighted by Gasteiger charge is 2.30. The molecule has 164 valence electrons. The van der Waals surface area contributed by atoms with Gasteiger partial charge in [-0.1, -0.05) is 30.3 Å². The lowest BCUT2D eigenvalue weighted by Gasteiger charge is -2.41. The average molecular weight is 431 g/mol. The van der Waals surface area contributed by atoms with Crippen LogP contribution in [0.15, 0.2) is 47.4 Å². The lowest BCUT2D eigenvalue weighted by molar-refractivity contribution is 0.0773. The zero-order chi connectivity index (χ0) is 21.1. The van der Waals surface area contributed by atoms with Gasteiger partial charge in [-0.3, -0.25) is 9.80 Å². The van der Waals surface area contributed by atoms with Gasteiger partial charge in [-0.25, -0.2) is 8.42 Å². The van der Waals surface area contributed by atoms with E-state index in [1.54, 1.807) is 6.07 Å². The maximum atomic E-state index is 13.4. The monoisotopic (exact) mass is 430 g/mol. The second-order valence-electron chi connectivity index (χ2n) is 8.89. The topological polar surface area (TPSA) is 47.1 Å². The number of piperazine rings is 2. The minimum absolute atomic E-state index is 0.0265. The third kappa shape index (κ3) is 5.21. The van der Waals surface area contributed by atoms with E-state index in [0.29, 0.717) is 4.90 Å². The van der Waals surface area contributed by atoms with Crippen molar-refractivity contribution in [3.8, 4) is 0 Å². The fourth-order valence-electron chi connectivity index (χ4n) is 4.50. The van der Waals surface area contributed by atoms with Crippen molar-refractivity contribution in [1.82, 2.24) is 19.6 Å². The molecule has 0 spiro atoms. The minimum Gasteiger partial charge on any atom is -0.304 e. The highest BCUT2D eigenvalue weighted by Crippen LogP contribution is 2.22. The summed E-state index contributed by atoms with van der Waals surface area (Å²) >= 11 is 0. The summed E-state index contributed by atoms with van der Waals surface area (Å²) in [6.45, 7) is 8.80. The van der Waals surface area contributed by atoms with Crippen molar-refractivity contribution in [2.45, 2.75) is 10.9 Å². The molecule has 0 N–H and O–H groups in total. The molecule has 0 amide bonds. The van der Waals surface area contributed by atoms with Crippen molar-refractivity contribution in [2.75, 3.05) is 78.8 Å². The van der Waals surface area contributed by atoms with Crippen LogP contribution in [0.3, 0.4) is 0 Å². The highest BCUT2D eigenvalue weighted by molar-refractivity contribution is 7.91. The molecule has 0 bridgehead atoms. The normalized spacial score (nSPS) is 21.8. The quantitative estimate of drug-likeness (QED) is 0.692. The highest BCUT2D eigenvalue weighted by atomic mass is 32.2. The largest absolute Gasteiger partial charge is 0.304 e. The molecule has 2 aliphatic rings. The van der Waals surface area contributed by atoms with Crippen molar-refractivity contribution >= 4 is 20.6 Å². The van der Waals surface area contributed by atoms with E-state index in [-0.39, 0.29) is 11.8 Å². The van der Waals surface area contributed by atoms with Crippen LogP contribution in [0.5, 0.6) is 0 Å².